The number of esters is 3. The van der Waals surface area contributed by atoms with Gasteiger partial charge < -0.3 is 14.2 Å². The number of nitrogens with one attached hydrogen (secondary N) is 1. The van der Waals surface area contributed by atoms with Crippen LogP contribution in [0.1, 0.15) is 46.5 Å². The van der Waals surface area contributed by atoms with Crippen molar-refractivity contribution in [2.75, 3.05) is 19.8 Å². The number of hydrogen-bond donors (Lipinski definition) is 1. The largest absolute Gasteiger partial charge is 0.466 e. The number of amides is 1. The van der Waals surface area contributed by atoms with E-state index in [9.17, 15) is 19.2 Å². The Morgan fingerprint density at radius 1 is 1.00 bits per heavy atom. The first-order chi connectivity index (χ1) is 11.9. The van der Waals surface area contributed by atoms with Crippen molar-refractivity contribution >= 4 is 23.8 Å². The first kappa shape index (κ1) is 20.9. The molecule has 0 aliphatic carbocycles. The molecule has 1 atom stereocenters. The van der Waals surface area contributed by atoms with Gasteiger partial charge in [-0.15, -0.1) is 0 Å². The van der Waals surface area contributed by atoms with Gasteiger partial charge in [0.1, 0.15) is 0 Å². The topological polar surface area (TPSA) is 111 Å². The number of hydrazine groups is 1. The molecule has 0 bridgehead atoms. The van der Waals surface area contributed by atoms with Crippen LogP contribution in [0.25, 0.3) is 0 Å². The van der Waals surface area contributed by atoms with Gasteiger partial charge in [0.25, 0.3) is 0 Å². The lowest BCUT2D eigenvalue weighted by atomic mass is 10.1. The molecule has 0 spiro atoms. The molecule has 0 aromatic rings. The fraction of sp³-hybridized carbons (Fsp3) is 0.750. The quantitative estimate of drug-likeness (QED) is 0.439. The summed E-state index contributed by atoms with van der Waals surface area (Å²) in [7, 11) is 0. The summed E-state index contributed by atoms with van der Waals surface area (Å²) in [5.74, 6) is -1.74. The van der Waals surface area contributed by atoms with Crippen LogP contribution in [-0.4, -0.2) is 60.7 Å². The average molecular weight is 358 g/mol. The Kier molecular flexibility index (Phi) is 8.90. The molecule has 1 rings (SSSR count). The normalized spacial score (nSPS) is 16.9. The maximum Gasteiger partial charge on any atom is 0.307 e. The molecular formula is C16H26N2O7. The molecule has 9 heteroatoms. The van der Waals surface area contributed by atoms with Crippen LogP contribution in [0.3, 0.4) is 0 Å². The highest BCUT2D eigenvalue weighted by Gasteiger charge is 2.37. The maximum absolute atomic E-state index is 12.3. The van der Waals surface area contributed by atoms with Crippen LogP contribution < -0.4 is 5.43 Å². The van der Waals surface area contributed by atoms with E-state index in [1.54, 1.807) is 20.8 Å². The summed E-state index contributed by atoms with van der Waals surface area (Å²) in [5, 5.41) is 1.23. The highest BCUT2D eigenvalue weighted by atomic mass is 16.5. The summed E-state index contributed by atoms with van der Waals surface area (Å²) in [4.78, 5) is 47.4. The summed E-state index contributed by atoms with van der Waals surface area (Å²) in [6, 6.07) is -1.17. The Balaban J connectivity index is 2.75. The molecule has 142 valence electrons. The maximum atomic E-state index is 12.3. The van der Waals surface area contributed by atoms with Gasteiger partial charge in [-0.2, -0.15) is 0 Å². The predicted octanol–water partition coefficient (Wildman–Crippen LogP) is 0.320. The number of hydrogen-bond acceptors (Lipinski definition) is 8. The van der Waals surface area contributed by atoms with Gasteiger partial charge >= 0.3 is 17.9 Å². The number of carbonyl (C=O) groups excluding carboxylic acids is 4. The number of nitrogens with zero attached hydrogens (tertiary/aromatic N) is 1. The fourth-order valence-electron chi connectivity index (χ4n) is 2.55. The van der Waals surface area contributed by atoms with Crippen LogP contribution >= 0.6 is 0 Å². The molecule has 1 amide bonds. The van der Waals surface area contributed by atoms with Crippen molar-refractivity contribution in [3.05, 3.63) is 0 Å². The Morgan fingerprint density at radius 3 is 1.96 bits per heavy atom. The van der Waals surface area contributed by atoms with E-state index in [1.165, 1.54) is 5.01 Å². The van der Waals surface area contributed by atoms with Crippen LogP contribution in [-0.2, 0) is 33.4 Å². The molecular weight excluding hydrogens is 332 g/mol. The third kappa shape index (κ3) is 7.08. The number of ether oxygens (including phenoxy) is 3. The zero-order valence-corrected chi connectivity index (χ0v) is 14.9. The fourth-order valence-corrected chi connectivity index (χ4v) is 2.55. The first-order valence-corrected chi connectivity index (χ1v) is 8.46. The zero-order valence-electron chi connectivity index (χ0n) is 14.9. The summed E-state index contributed by atoms with van der Waals surface area (Å²) in [6.07, 6.45) is -0.169. The minimum absolute atomic E-state index is 0.0294. The highest BCUT2D eigenvalue weighted by Crippen LogP contribution is 2.19. The van der Waals surface area contributed by atoms with E-state index in [-0.39, 0.29) is 51.4 Å². The van der Waals surface area contributed by atoms with E-state index in [1.807, 2.05) is 0 Å². The minimum atomic E-state index is -0.738. The van der Waals surface area contributed by atoms with Crippen LogP contribution in [0.2, 0.25) is 0 Å². The number of rotatable bonds is 10. The van der Waals surface area contributed by atoms with E-state index in [0.29, 0.717) is 0 Å². The molecule has 1 fully saturated rings. The van der Waals surface area contributed by atoms with E-state index in [2.05, 4.69) is 5.43 Å². The van der Waals surface area contributed by atoms with Gasteiger partial charge in [0, 0.05) is 12.5 Å². The summed E-state index contributed by atoms with van der Waals surface area (Å²) in [5.41, 5.74) is 2.89. The van der Waals surface area contributed by atoms with Crippen molar-refractivity contribution in [1.29, 1.82) is 0 Å². The Labute approximate surface area is 146 Å². The summed E-state index contributed by atoms with van der Waals surface area (Å²) in [6.45, 7) is 5.72. The second-order valence-corrected chi connectivity index (χ2v) is 5.48. The first-order valence-electron chi connectivity index (χ1n) is 8.46. The smallest absolute Gasteiger partial charge is 0.307 e. The van der Waals surface area contributed by atoms with Crippen molar-refractivity contribution in [3.63, 3.8) is 0 Å². The standard InChI is InChI=1S/C16H26N2O7/c1-4-23-14(20)8-11-7-13(19)18(17-11)12(9-15(21)24-5-2)10-16(22)25-6-3/h11-12,17H,4-10H2,1-3H3. The van der Waals surface area contributed by atoms with Crippen LogP contribution in [0.15, 0.2) is 0 Å². The zero-order chi connectivity index (χ0) is 18.8. The summed E-state index contributed by atoms with van der Waals surface area (Å²) < 4.78 is 14.7. The molecule has 0 aromatic carbocycles. The van der Waals surface area contributed by atoms with Gasteiger partial charge in [0.15, 0.2) is 0 Å². The van der Waals surface area contributed by atoms with E-state index in [0.717, 1.165) is 0 Å². The molecule has 0 aromatic heterocycles. The second kappa shape index (κ2) is 10.7. The molecule has 0 saturated carbocycles. The molecule has 1 unspecified atom stereocenters. The molecule has 9 nitrogen and oxygen atoms in total. The Bertz CT molecular complexity index is 475. The molecule has 1 saturated heterocycles. The van der Waals surface area contributed by atoms with Gasteiger partial charge in [-0.05, 0) is 20.8 Å². The van der Waals surface area contributed by atoms with E-state index < -0.39 is 30.0 Å². The predicted molar refractivity (Wildman–Crippen MR) is 85.9 cm³/mol. The van der Waals surface area contributed by atoms with Gasteiger partial charge in [-0.1, -0.05) is 0 Å². The molecule has 1 aliphatic rings. The van der Waals surface area contributed by atoms with Gasteiger partial charge in [-0.25, -0.2) is 5.43 Å². The van der Waals surface area contributed by atoms with Gasteiger partial charge in [0.05, 0.1) is 45.1 Å². The molecule has 25 heavy (non-hydrogen) atoms. The molecule has 0 radical (unpaired) electrons. The van der Waals surface area contributed by atoms with Crippen LogP contribution in [0.5, 0.6) is 0 Å². The minimum Gasteiger partial charge on any atom is -0.466 e. The lowest BCUT2D eigenvalue weighted by Gasteiger charge is -2.27. The van der Waals surface area contributed by atoms with Crippen LogP contribution in [0.4, 0.5) is 0 Å². The molecule has 1 heterocycles. The van der Waals surface area contributed by atoms with E-state index in [4.69, 9.17) is 14.2 Å². The van der Waals surface area contributed by atoms with Gasteiger partial charge in [-0.3, -0.25) is 24.2 Å². The monoisotopic (exact) mass is 358 g/mol. The van der Waals surface area contributed by atoms with Crippen molar-refractivity contribution in [1.82, 2.24) is 10.4 Å². The second-order valence-electron chi connectivity index (χ2n) is 5.48. The average Bonchev–Trinajstić information content (AvgIpc) is 2.87. The van der Waals surface area contributed by atoms with Crippen LogP contribution in [0, 0.1) is 0 Å². The van der Waals surface area contributed by atoms with E-state index >= 15 is 0 Å². The third-order valence-electron chi connectivity index (χ3n) is 3.51. The Morgan fingerprint density at radius 2 is 1.48 bits per heavy atom. The highest BCUT2D eigenvalue weighted by molar-refractivity contribution is 5.82. The van der Waals surface area contributed by atoms with Crippen molar-refractivity contribution in [3.8, 4) is 0 Å². The lowest BCUT2D eigenvalue weighted by molar-refractivity contribution is -0.150. The Hall–Kier alpha value is -2.16. The number of carbonyl (C=O) groups is 4. The van der Waals surface area contributed by atoms with Crippen molar-refractivity contribution < 1.29 is 33.4 Å². The lowest BCUT2D eigenvalue weighted by Crippen LogP contribution is -2.47. The van der Waals surface area contributed by atoms with Crippen molar-refractivity contribution in [2.24, 2.45) is 0 Å². The molecule has 1 aliphatic heterocycles. The van der Waals surface area contributed by atoms with Crippen molar-refractivity contribution in [2.45, 2.75) is 58.5 Å². The molecule has 1 N–H and O–H groups in total. The SMILES string of the molecule is CCOC(=O)CC1CC(=O)N(C(CC(=O)OCC)CC(=O)OCC)N1. The summed E-state index contributed by atoms with van der Waals surface area (Å²) >= 11 is 0. The van der Waals surface area contributed by atoms with Gasteiger partial charge in [0.2, 0.25) is 5.91 Å². The third-order valence-corrected chi connectivity index (χ3v) is 3.51.